The third-order valence-electron chi connectivity index (χ3n) is 6.28. The van der Waals surface area contributed by atoms with Crippen molar-refractivity contribution in [2.45, 2.75) is 44.3 Å². The Balaban J connectivity index is 1.62. The zero-order valence-corrected chi connectivity index (χ0v) is 19.8. The quantitative estimate of drug-likeness (QED) is 0.674. The number of sulfonamides is 1. The van der Waals surface area contributed by atoms with Crippen LogP contribution in [0.2, 0.25) is 0 Å². The summed E-state index contributed by atoms with van der Waals surface area (Å²) < 4.78 is 41.7. The van der Waals surface area contributed by atoms with Crippen LogP contribution in [0.5, 0.6) is 0 Å². The van der Waals surface area contributed by atoms with E-state index in [4.69, 9.17) is 9.47 Å². The van der Waals surface area contributed by atoms with E-state index >= 15 is 0 Å². The van der Waals surface area contributed by atoms with Crippen LogP contribution >= 0.6 is 0 Å². The molecule has 2 aliphatic heterocycles. The molecule has 3 heterocycles. The summed E-state index contributed by atoms with van der Waals surface area (Å²) in [5, 5.41) is 4.26. The maximum atomic E-state index is 13.8. The highest BCUT2D eigenvalue weighted by atomic mass is 32.2. The van der Waals surface area contributed by atoms with Crippen molar-refractivity contribution in [1.82, 2.24) is 14.7 Å². The molecule has 4 rings (SSSR count). The average molecular weight is 463 g/mol. The highest BCUT2D eigenvalue weighted by Crippen LogP contribution is 2.32. The van der Waals surface area contributed by atoms with E-state index in [0.29, 0.717) is 56.2 Å². The van der Waals surface area contributed by atoms with Crippen LogP contribution in [0.15, 0.2) is 29.2 Å². The molecule has 9 nitrogen and oxygen atoms in total. The molecule has 1 aromatic heterocycles. The first-order valence-electron chi connectivity index (χ1n) is 10.8. The molecule has 0 saturated carbocycles. The van der Waals surface area contributed by atoms with Crippen molar-refractivity contribution in [1.29, 1.82) is 0 Å². The van der Waals surface area contributed by atoms with E-state index in [2.05, 4.69) is 5.10 Å². The van der Waals surface area contributed by atoms with Gasteiger partial charge >= 0.3 is 0 Å². The summed E-state index contributed by atoms with van der Waals surface area (Å²) in [5.41, 5.74) is 2.39. The lowest BCUT2D eigenvalue weighted by atomic mass is 10.0. The fourth-order valence-corrected chi connectivity index (χ4v) is 6.19. The lowest BCUT2D eigenvalue weighted by Crippen LogP contribution is -2.50. The van der Waals surface area contributed by atoms with Crippen LogP contribution in [0.25, 0.3) is 0 Å². The maximum Gasteiger partial charge on any atom is 0.268 e. The number of amides is 1. The van der Waals surface area contributed by atoms with E-state index in [0.717, 1.165) is 5.56 Å². The van der Waals surface area contributed by atoms with Crippen LogP contribution in [0.3, 0.4) is 0 Å². The molecule has 1 spiro atoms. The van der Waals surface area contributed by atoms with Gasteiger partial charge in [0.05, 0.1) is 30.3 Å². The van der Waals surface area contributed by atoms with E-state index in [1.54, 1.807) is 42.6 Å². The second kappa shape index (κ2) is 8.49. The molecule has 2 aromatic rings. The van der Waals surface area contributed by atoms with Gasteiger partial charge in [-0.1, -0.05) is 17.7 Å². The second-order valence-electron chi connectivity index (χ2n) is 8.46. The van der Waals surface area contributed by atoms with Crippen LogP contribution < -0.4 is 4.31 Å². The Hall–Kier alpha value is -2.43. The molecule has 2 saturated heterocycles. The molecule has 0 aliphatic carbocycles. The Morgan fingerprint density at radius 2 is 1.69 bits per heavy atom. The Morgan fingerprint density at radius 1 is 1.09 bits per heavy atom. The van der Waals surface area contributed by atoms with Gasteiger partial charge in [-0.25, -0.2) is 8.42 Å². The highest BCUT2D eigenvalue weighted by Gasteiger charge is 2.41. The van der Waals surface area contributed by atoms with E-state index in [-0.39, 0.29) is 17.3 Å². The van der Waals surface area contributed by atoms with E-state index in [1.807, 2.05) is 19.1 Å². The van der Waals surface area contributed by atoms with Crippen molar-refractivity contribution in [2.24, 2.45) is 7.05 Å². The summed E-state index contributed by atoms with van der Waals surface area (Å²) in [5.74, 6) is -0.843. The van der Waals surface area contributed by atoms with Crippen molar-refractivity contribution < 1.29 is 22.7 Å². The predicted octanol–water partition coefficient (Wildman–Crippen LogP) is 1.91. The number of ether oxygens (including phenoxy) is 2. The van der Waals surface area contributed by atoms with Gasteiger partial charge in [0.1, 0.15) is 11.4 Å². The number of piperidine rings is 1. The van der Waals surface area contributed by atoms with E-state index in [1.165, 1.54) is 4.31 Å². The van der Waals surface area contributed by atoms with Crippen molar-refractivity contribution in [3.8, 4) is 0 Å². The van der Waals surface area contributed by atoms with Gasteiger partial charge in [0.25, 0.3) is 10.0 Å². The number of aromatic nitrogens is 2. The summed E-state index contributed by atoms with van der Waals surface area (Å²) in [6.07, 6.45) is 1.16. The molecule has 0 radical (unpaired) electrons. The zero-order valence-electron chi connectivity index (χ0n) is 19.0. The number of rotatable bonds is 5. The molecule has 10 heteroatoms. The van der Waals surface area contributed by atoms with Crippen molar-refractivity contribution in [3.05, 3.63) is 41.2 Å². The van der Waals surface area contributed by atoms with Gasteiger partial charge in [0.15, 0.2) is 5.79 Å². The number of nitrogens with zero attached hydrogens (tertiary/aromatic N) is 4. The number of aryl methyl sites for hydroxylation is 3. The minimum atomic E-state index is -4.01. The number of carbonyl (C=O) groups is 1. The standard InChI is InChI=1S/C22H30N4O5S/c1-16-5-7-19(8-6-16)26(32(28,29)21-17(2)23-24(4)18(21)3)15-20(27)25-11-9-22(10-12-25)30-13-14-31-22/h5-8H,9-15H2,1-4H3. The van der Waals surface area contributed by atoms with Crippen molar-refractivity contribution in [3.63, 3.8) is 0 Å². The Bertz CT molecular complexity index is 1090. The zero-order chi connectivity index (χ0) is 23.1. The van der Waals surface area contributed by atoms with E-state index in [9.17, 15) is 13.2 Å². The molecule has 2 aliphatic rings. The molecule has 0 atom stereocenters. The van der Waals surface area contributed by atoms with E-state index < -0.39 is 15.8 Å². The molecule has 1 amide bonds. The van der Waals surface area contributed by atoms with Crippen LogP contribution in [0, 0.1) is 20.8 Å². The van der Waals surface area contributed by atoms with Gasteiger partial charge in [0, 0.05) is 33.0 Å². The molecule has 2 fully saturated rings. The molecule has 174 valence electrons. The third kappa shape index (κ3) is 4.14. The van der Waals surface area contributed by atoms with Gasteiger partial charge in [-0.05, 0) is 32.9 Å². The first-order valence-corrected chi connectivity index (χ1v) is 12.2. The van der Waals surface area contributed by atoms with Crippen LogP contribution in [0.4, 0.5) is 5.69 Å². The Labute approximate surface area is 188 Å². The normalized spacial score (nSPS) is 18.3. The largest absolute Gasteiger partial charge is 0.347 e. The molecule has 1 aromatic carbocycles. The number of likely N-dealkylation sites (tertiary alicyclic amines) is 1. The predicted molar refractivity (Wildman–Crippen MR) is 119 cm³/mol. The minimum absolute atomic E-state index is 0.138. The number of anilines is 1. The minimum Gasteiger partial charge on any atom is -0.347 e. The maximum absolute atomic E-state index is 13.8. The monoisotopic (exact) mass is 462 g/mol. The summed E-state index contributed by atoms with van der Waals surface area (Å²) in [7, 11) is -2.30. The van der Waals surface area contributed by atoms with Gasteiger partial charge in [-0.3, -0.25) is 13.8 Å². The SMILES string of the molecule is Cc1ccc(N(CC(=O)N2CCC3(CC2)OCCO3)S(=O)(=O)c2c(C)nn(C)c2C)cc1. The van der Waals surface area contributed by atoms with Gasteiger partial charge in [0.2, 0.25) is 5.91 Å². The lowest BCUT2D eigenvalue weighted by Gasteiger charge is -2.38. The van der Waals surface area contributed by atoms with Crippen LogP contribution in [-0.4, -0.2) is 67.6 Å². The van der Waals surface area contributed by atoms with Crippen molar-refractivity contribution in [2.75, 3.05) is 37.2 Å². The molecule has 0 bridgehead atoms. The van der Waals surface area contributed by atoms with Crippen LogP contribution in [0.1, 0.15) is 29.8 Å². The fraction of sp³-hybridized carbons (Fsp3) is 0.545. The molecule has 0 N–H and O–H groups in total. The number of hydrogen-bond acceptors (Lipinski definition) is 6. The topological polar surface area (TPSA) is 94.0 Å². The number of hydrogen-bond donors (Lipinski definition) is 0. The Morgan fingerprint density at radius 3 is 2.22 bits per heavy atom. The number of carbonyl (C=O) groups excluding carboxylic acids is 1. The van der Waals surface area contributed by atoms with Gasteiger partial charge < -0.3 is 14.4 Å². The first-order chi connectivity index (χ1) is 15.1. The summed E-state index contributed by atoms with van der Waals surface area (Å²) >= 11 is 0. The molecule has 0 unspecified atom stereocenters. The summed E-state index contributed by atoms with van der Waals surface area (Å²) in [6.45, 7) is 7.09. The fourth-order valence-electron chi connectivity index (χ4n) is 4.37. The highest BCUT2D eigenvalue weighted by molar-refractivity contribution is 7.93. The number of benzene rings is 1. The summed E-state index contributed by atoms with van der Waals surface area (Å²) in [4.78, 5) is 15.1. The smallest absolute Gasteiger partial charge is 0.268 e. The molecular weight excluding hydrogens is 432 g/mol. The van der Waals surface area contributed by atoms with Crippen LogP contribution in [-0.2, 0) is 31.3 Å². The molecular formula is C22H30N4O5S. The Kier molecular flexibility index (Phi) is 6.04. The summed E-state index contributed by atoms with van der Waals surface area (Å²) in [6, 6.07) is 7.13. The van der Waals surface area contributed by atoms with Gasteiger partial charge in [-0.2, -0.15) is 5.10 Å². The van der Waals surface area contributed by atoms with Gasteiger partial charge in [-0.15, -0.1) is 0 Å². The molecule has 32 heavy (non-hydrogen) atoms. The second-order valence-corrected chi connectivity index (χ2v) is 10.3. The lowest BCUT2D eigenvalue weighted by molar-refractivity contribution is -0.187. The van der Waals surface area contributed by atoms with Crippen molar-refractivity contribution >= 4 is 21.6 Å². The third-order valence-corrected chi connectivity index (χ3v) is 8.31. The average Bonchev–Trinajstić information content (AvgIpc) is 3.31. The first kappa shape index (κ1) is 22.8.